The average molecular weight is 385 g/mol. The number of carbonyl (C=O) groups excluding carboxylic acids is 2. The van der Waals surface area contributed by atoms with Gasteiger partial charge in [0, 0.05) is 18.7 Å². The number of nitro benzene ring substituents is 1. The quantitative estimate of drug-likeness (QED) is 0.302. The van der Waals surface area contributed by atoms with E-state index in [0.717, 1.165) is 17.8 Å². The van der Waals surface area contributed by atoms with Gasteiger partial charge in [-0.25, -0.2) is 0 Å². The molecule has 4 N–H and O–H groups in total. The highest BCUT2D eigenvalue weighted by Gasteiger charge is 2.29. The second-order valence-corrected chi connectivity index (χ2v) is 6.72. The van der Waals surface area contributed by atoms with Gasteiger partial charge in [0.25, 0.3) is 5.69 Å². The SMILES string of the molecule is COCC(C)(CC(=O)O)NC(=O)CSc1ccc(C(N)=O)cc1[N+](=O)[O-]. The number of methoxy groups -OCH3 is 1. The Morgan fingerprint density at radius 1 is 1.42 bits per heavy atom. The molecule has 0 radical (unpaired) electrons. The van der Waals surface area contributed by atoms with Crippen molar-refractivity contribution >= 4 is 35.2 Å². The van der Waals surface area contributed by atoms with Crippen LogP contribution in [0.2, 0.25) is 0 Å². The minimum absolute atomic E-state index is 0.0108. The van der Waals surface area contributed by atoms with Crippen molar-refractivity contribution in [2.45, 2.75) is 23.8 Å². The zero-order chi connectivity index (χ0) is 19.9. The van der Waals surface area contributed by atoms with Crippen LogP contribution in [-0.2, 0) is 14.3 Å². The molecule has 0 bridgehead atoms. The van der Waals surface area contributed by atoms with E-state index in [-0.39, 0.29) is 34.9 Å². The van der Waals surface area contributed by atoms with Crippen molar-refractivity contribution in [1.82, 2.24) is 5.32 Å². The topological polar surface area (TPSA) is 162 Å². The first-order chi connectivity index (χ1) is 12.1. The third-order valence-electron chi connectivity index (χ3n) is 3.24. The van der Waals surface area contributed by atoms with Crippen LogP contribution in [0.4, 0.5) is 5.69 Å². The van der Waals surface area contributed by atoms with Crippen LogP contribution in [0.1, 0.15) is 23.7 Å². The van der Waals surface area contributed by atoms with E-state index < -0.39 is 28.2 Å². The summed E-state index contributed by atoms with van der Waals surface area (Å²) in [6.45, 7) is 1.51. The van der Waals surface area contributed by atoms with Gasteiger partial charge in [0.1, 0.15) is 0 Å². The van der Waals surface area contributed by atoms with E-state index in [9.17, 15) is 24.5 Å². The molecule has 11 heteroatoms. The van der Waals surface area contributed by atoms with E-state index in [1.807, 2.05) is 0 Å². The van der Waals surface area contributed by atoms with Gasteiger partial charge in [-0.15, -0.1) is 11.8 Å². The van der Waals surface area contributed by atoms with Crippen LogP contribution in [-0.4, -0.2) is 52.8 Å². The van der Waals surface area contributed by atoms with Crippen molar-refractivity contribution in [2.75, 3.05) is 19.5 Å². The van der Waals surface area contributed by atoms with Gasteiger partial charge in [-0.1, -0.05) is 0 Å². The van der Waals surface area contributed by atoms with Crippen LogP contribution in [0.15, 0.2) is 23.1 Å². The molecule has 26 heavy (non-hydrogen) atoms. The molecule has 1 rings (SSSR count). The zero-order valence-electron chi connectivity index (χ0n) is 14.2. The Bertz CT molecular complexity index is 725. The molecule has 0 aliphatic rings. The van der Waals surface area contributed by atoms with E-state index in [2.05, 4.69) is 5.32 Å². The van der Waals surface area contributed by atoms with Crippen molar-refractivity contribution < 1.29 is 29.2 Å². The Labute approximate surface area is 153 Å². The summed E-state index contributed by atoms with van der Waals surface area (Å²) >= 11 is 0.887. The molecule has 1 aromatic carbocycles. The maximum Gasteiger partial charge on any atom is 0.305 e. The number of nitrogens with one attached hydrogen (secondary N) is 1. The first kappa shape index (κ1) is 21.4. The van der Waals surface area contributed by atoms with Gasteiger partial charge in [0.05, 0.1) is 34.1 Å². The van der Waals surface area contributed by atoms with Crippen molar-refractivity contribution in [3.05, 3.63) is 33.9 Å². The molecule has 0 aromatic heterocycles. The van der Waals surface area contributed by atoms with Crippen molar-refractivity contribution in [3.63, 3.8) is 0 Å². The number of hydrogen-bond acceptors (Lipinski definition) is 7. The molecule has 1 aromatic rings. The Morgan fingerprint density at radius 3 is 2.58 bits per heavy atom. The van der Waals surface area contributed by atoms with Crippen molar-refractivity contribution in [3.8, 4) is 0 Å². The number of thioether (sulfide) groups is 1. The molecule has 0 saturated carbocycles. The molecule has 0 aliphatic heterocycles. The predicted molar refractivity (Wildman–Crippen MR) is 93.0 cm³/mol. The van der Waals surface area contributed by atoms with E-state index in [1.54, 1.807) is 0 Å². The minimum Gasteiger partial charge on any atom is -0.481 e. The largest absolute Gasteiger partial charge is 0.481 e. The number of aliphatic carboxylic acids is 1. The average Bonchev–Trinajstić information content (AvgIpc) is 2.51. The lowest BCUT2D eigenvalue weighted by molar-refractivity contribution is -0.387. The number of ether oxygens (including phenoxy) is 1. The molecule has 0 saturated heterocycles. The standard InChI is InChI=1S/C15H19N3O7S/c1-15(8-25-2,6-13(20)21)17-12(19)7-26-11-4-3-9(14(16)22)5-10(11)18(23)24/h3-5H,6-8H2,1-2H3,(H2,16,22)(H,17,19)(H,20,21). The number of primary amides is 1. The molecule has 0 heterocycles. The Hall–Kier alpha value is -2.66. The molecule has 142 valence electrons. The number of carboxylic acid groups (broad SMARTS) is 1. The highest BCUT2D eigenvalue weighted by Crippen LogP contribution is 2.30. The first-order valence-electron chi connectivity index (χ1n) is 7.31. The highest BCUT2D eigenvalue weighted by atomic mass is 32.2. The molecule has 0 aliphatic carbocycles. The van der Waals surface area contributed by atoms with E-state index in [1.165, 1.54) is 26.2 Å². The second-order valence-electron chi connectivity index (χ2n) is 5.70. The highest BCUT2D eigenvalue weighted by molar-refractivity contribution is 8.00. The summed E-state index contributed by atoms with van der Waals surface area (Å²) in [5.41, 5.74) is 3.63. The number of rotatable bonds is 10. The number of nitrogens with two attached hydrogens (primary N) is 1. The van der Waals surface area contributed by atoms with Gasteiger partial charge < -0.3 is 20.9 Å². The normalized spacial score (nSPS) is 12.8. The van der Waals surface area contributed by atoms with Crippen LogP contribution < -0.4 is 11.1 Å². The summed E-state index contributed by atoms with van der Waals surface area (Å²) in [5, 5.41) is 22.6. The molecule has 2 amide bonds. The van der Waals surface area contributed by atoms with Gasteiger partial charge >= 0.3 is 5.97 Å². The van der Waals surface area contributed by atoms with Crippen LogP contribution in [0.5, 0.6) is 0 Å². The number of benzene rings is 1. The summed E-state index contributed by atoms with van der Waals surface area (Å²) < 4.78 is 4.94. The minimum atomic E-state index is -1.11. The third kappa shape index (κ3) is 6.33. The van der Waals surface area contributed by atoms with Gasteiger partial charge in [0.15, 0.2) is 0 Å². The fourth-order valence-electron chi connectivity index (χ4n) is 2.23. The predicted octanol–water partition coefficient (Wildman–Crippen LogP) is 0.782. The monoisotopic (exact) mass is 385 g/mol. The Kier molecular flexibility index (Phi) is 7.53. The van der Waals surface area contributed by atoms with Gasteiger partial charge in [-0.2, -0.15) is 0 Å². The molecule has 1 atom stereocenters. The second kappa shape index (κ2) is 9.15. The molecule has 10 nitrogen and oxygen atoms in total. The van der Waals surface area contributed by atoms with Gasteiger partial charge in [-0.3, -0.25) is 24.5 Å². The number of hydrogen-bond donors (Lipinski definition) is 3. The maximum atomic E-state index is 12.1. The Morgan fingerprint density at radius 2 is 2.08 bits per heavy atom. The summed E-state index contributed by atoms with van der Waals surface area (Å²) in [6.07, 6.45) is -0.343. The van der Waals surface area contributed by atoms with Gasteiger partial charge in [-0.05, 0) is 19.1 Å². The van der Waals surface area contributed by atoms with E-state index >= 15 is 0 Å². The molecule has 1 unspecified atom stereocenters. The Balaban J connectivity index is 2.84. The van der Waals surface area contributed by atoms with Crippen LogP contribution in [0, 0.1) is 10.1 Å². The summed E-state index contributed by atoms with van der Waals surface area (Å²) in [7, 11) is 1.38. The fraction of sp³-hybridized carbons (Fsp3) is 0.400. The maximum absolute atomic E-state index is 12.1. The third-order valence-corrected chi connectivity index (χ3v) is 4.31. The summed E-state index contributed by atoms with van der Waals surface area (Å²) in [4.78, 5) is 44.8. The number of amides is 2. The zero-order valence-corrected chi connectivity index (χ0v) is 15.0. The number of carboxylic acids is 1. The molecular weight excluding hydrogens is 366 g/mol. The summed E-state index contributed by atoms with van der Waals surface area (Å²) in [6, 6.07) is 3.71. The lowest BCUT2D eigenvalue weighted by atomic mass is 9.99. The molecular formula is C15H19N3O7S. The number of carbonyl (C=O) groups is 3. The van der Waals surface area contributed by atoms with Crippen LogP contribution >= 0.6 is 11.8 Å². The molecule has 0 fully saturated rings. The van der Waals surface area contributed by atoms with Crippen LogP contribution in [0.3, 0.4) is 0 Å². The van der Waals surface area contributed by atoms with E-state index in [4.69, 9.17) is 15.6 Å². The smallest absolute Gasteiger partial charge is 0.305 e. The van der Waals surface area contributed by atoms with Crippen molar-refractivity contribution in [1.29, 1.82) is 0 Å². The number of nitrogens with zero attached hydrogens (tertiary/aromatic N) is 1. The lowest BCUT2D eigenvalue weighted by Gasteiger charge is -2.28. The van der Waals surface area contributed by atoms with Gasteiger partial charge in [0.2, 0.25) is 11.8 Å². The lowest BCUT2D eigenvalue weighted by Crippen LogP contribution is -2.51. The summed E-state index contributed by atoms with van der Waals surface area (Å²) in [5.74, 6) is -2.60. The van der Waals surface area contributed by atoms with Crippen LogP contribution in [0.25, 0.3) is 0 Å². The molecule has 0 spiro atoms. The van der Waals surface area contributed by atoms with Crippen molar-refractivity contribution in [2.24, 2.45) is 5.73 Å². The fourth-order valence-corrected chi connectivity index (χ4v) is 3.04. The van der Waals surface area contributed by atoms with E-state index in [0.29, 0.717) is 0 Å². The first-order valence-corrected chi connectivity index (χ1v) is 8.29. The number of nitro groups is 1.